The molecule has 1 aromatic heterocycles. The van der Waals surface area contributed by atoms with E-state index in [2.05, 4.69) is 22.3 Å². The second-order valence-electron chi connectivity index (χ2n) is 9.84. The van der Waals surface area contributed by atoms with Crippen LogP contribution in [0.3, 0.4) is 0 Å². The molecule has 0 N–H and O–H groups in total. The van der Waals surface area contributed by atoms with Gasteiger partial charge in [0.2, 0.25) is 11.8 Å². The molecule has 3 aromatic rings. The lowest BCUT2D eigenvalue weighted by molar-refractivity contribution is -0.148. The standard InChI is InChI=1S/C26H22N4O4/c1-13-6-9-21(20(10-13)30-27-18-4-2-3-5-19(18)28-30)34-22(31)12-29-25(32)23-14-7-8-15(17-11-16(14)17)24(23)26(29)33/h2-10,14-17,23-24H,11-12H2,1H3/t14-,15-,16-,17-,23-,24+/m0/s1. The molecule has 5 aliphatic rings. The lowest BCUT2D eigenvalue weighted by Crippen LogP contribution is -2.40. The van der Waals surface area contributed by atoms with E-state index in [9.17, 15) is 14.4 Å². The predicted molar refractivity (Wildman–Crippen MR) is 121 cm³/mol. The smallest absolute Gasteiger partial charge is 0.331 e. The molecular formula is C26H22N4O4. The summed E-state index contributed by atoms with van der Waals surface area (Å²) in [6.45, 7) is 1.54. The molecule has 3 fully saturated rings. The number of carbonyl (C=O) groups excluding carboxylic acids is 3. The van der Waals surface area contributed by atoms with Crippen LogP contribution in [0.2, 0.25) is 0 Å². The molecule has 2 heterocycles. The Morgan fingerprint density at radius 1 is 0.971 bits per heavy atom. The van der Waals surface area contributed by atoms with Crippen molar-refractivity contribution in [1.29, 1.82) is 0 Å². The largest absolute Gasteiger partial charge is 0.423 e. The third-order valence-corrected chi connectivity index (χ3v) is 7.88. The van der Waals surface area contributed by atoms with Crippen molar-refractivity contribution in [2.75, 3.05) is 6.54 Å². The number of nitrogens with zero attached hydrogens (tertiary/aromatic N) is 4. The van der Waals surface area contributed by atoms with E-state index in [1.165, 1.54) is 4.80 Å². The van der Waals surface area contributed by atoms with Crippen LogP contribution in [0.1, 0.15) is 12.0 Å². The summed E-state index contributed by atoms with van der Waals surface area (Å²) < 4.78 is 5.66. The maximum Gasteiger partial charge on any atom is 0.331 e. The van der Waals surface area contributed by atoms with Crippen molar-refractivity contribution < 1.29 is 19.1 Å². The van der Waals surface area contributed by atoms with Gasteiger partial charge in [-0.25, -0.2) is 4.79 Å². The highest BCUT2D eigenvalue weighted by Gasteiger charge is 2.67. The number of hydrogen-bond donors (Lipinski definition) is 0. The van der Waals surface area contributed by atoms with Crippen LogP contribution in [-0.4, -0.2) is 44.2 Å². The van der Waals surface area contributed by atoms with Crippen LogP contribution in [0.5, 0.6) is 5.75 Å². The molecule has 6 atom stereocenters. The monoisotopic (exact) mass is 454 g/mol. The summed E-state index contributed by atoms with van der Waals surface area (Å²) in [5, 5.41) is 8.98. The van der Waals surface area contributed by atoms with Gasteiger partial charge in [-0.3, -0.25) is 14.5 Å². The van der Waals surface area contributed by atoms with E-state index in [0.29, 0.717) is 17.5 Å². The molecule has 2 bridgehead atoms. The van der Waals surface area contributed by atoms with Gasteiger partial charge < -0.3 is 4.74 Å². The summed E-state index contributed by atoms with van der Waals surface area (Å²) in [6.07, 6.45) is 5.34. The van der Waals surface area contributed by atoms with Crippen molar-refractivity contribution in [2.45, 2.75) is 13.3 Å². The highest BCUT2D eigenvalue weighted by molar-refractivity contribution is 6.08. The van der Waals surface area contributed by atoms with Gasteiger partial charge in [0, 0.05) is 0 Å². The second kappa shape index (κ2) is 6.85. The molecule has 1 aliphatic heterocycles. The number of aryl methyl sites for hydroxylation is 1. The van der Waals surface area contributed by atoms with Gasteiger partial charge in [0.05, 0.1) is 11.8 Å². The Morgan fingerprint density at radius 2 is 1.59 bits per heavy atom. The Balaban J connectivity index is 1.14. The summed E-state index contributed by atoms with van der Waals surface area (Å²) in [5.41, 5.74) is 2.91. The SMILES string of the molecule is Cc1ccc(OC(=O)CN2C(=O)[C@@H]3[C@H]4C=C[C@@H]([C@@H]5C[C@@H]45)[C@@H]3C2=O)c(-n2nc3ccccc3n2)c1. The van der Waals surface area contributed by atoms with Crippen molar-refractivity contribution in [2.24, 2.45) is 35.5 Å². The summed E-state index contributed by atoms with van der Waals surface area (Å²) >= 11 is 0. The van der Waals surface area contributed by atoms with E-state index in [-0.39, 0.29) is 47.8 Å². The third kappa shape index (κ3) is 2.74. The van der Waals surface area contributed by atoms with E-state index in [1.807, 2.05) is 43.3 Å². The summed E-state index contributed by atoms with van der Waals surface area (Å²) in [5.74, 6) is -0.212. The Labute approximate surface area is 195 Å². The Kier molecular flexibility index (Phi) is 3.96. The maximum atomic E-state index is 13.2. The minimum Gasteiger partial charge on any atom is -0.423 e. The molecule has 4 aliphatic carbocycles. The van der Waals surface area contributed by atoms with Crippen molar-refractivity contribution in [3.8, 4) is 11.4 Å². The number of aromatic nitrogens is 3. The number of amides is 2. The first-order chi connectivity index (χ1) is 16.5. The number of esters is 1. The van der Waals surface area contributed by atoms with Crippen LogP contribution in [0.4, 0.5) is 0 Å². The van der Waals surface area contributed by atoms with Crippen molar-refractivity contribution in [1.82, 2.24) is 19.9 Å². The lowest BCUT2D eigenvalue weighted by Gasteiger charge is -2.37. The number of likely N-dealkylation sites (tertiary alicyclic amines) is 1. The number of benzene rings is 2. The molecule has 8 rings (SSSR count). The molecule has 0 unspecified atom stereocenters. The summed E-state index contributed by atoms with van der Waals surface area (Å²) in [4.78, 5) is 41.8. The Bertz CT molecular complexity index is 1360. The van der Waals surface area contributed by atoms with Crippen LogP contribution in [0.15, 0.2) is 54.6 Å². The number of ether oxygens (including phenoxy) is 1. The maximum absolute atomic E-state index is 13.2. The fourth-order valence-electron chi connectivity index (χ4n) is 6.30. The van der Waals surface area contributed by atoms with Gasteiger partial charge in [0.15, 0.2) is 5.75 Å². The minimum absolute atomic E-state index is 0.126. The number of allylic oxidation sites excluding steroid dienone is 2. The molecule has 0 spiro atoms. The summed E-state index contributed by atoms with van der Waals surface area (Å²) in [7, 11) is 0. The fraction of sp³-hybridized carbons (Fsp3) is 0.346. The number of hydrogen-bond acceptors (Lipinski definition) is 6. The normalized spacial score (nSPS) is 30.6. The van der Waals surface area contributed by atoms with Gasteiger partial charge in [-0.2, -0.15) is 0 Å². The molecule has 1 saturated heterocycles. The van der Waals surface area contributed by atoms with E-state index in [1.54, 1.807) is 6.07 Å². The molecule has 8 nitrogen and oxygen atoms in total. The zero-order chi connectivity index (χ0) is 23.1. The minimum atomic E-state index is -0.660. The molecule has 34 heavy (non-hydrogen) atoms. The number of fused-ring (bicyclic) bond motifs is 1. The van der Waals surface area contributed by atoms with Gasteiger partial charge in [-0.1, -0.05) is 30.4 Å². The van der Waals surface area contributed by atoms with Gasteiger partial charge >= 0.3 is 5.97 Å². The van der Waals surface area contributed by atoms with Crippen molar-refractivity contribution in [3.63, 3.8) is 0 Å². The first-order valence-electron chi connectivity index (χ1n) is 11.7. The number of rotatable bonds is 4. The molecule has 8 heteroatoms. The molecule has 2 saturated carbocycles. The van der Waals surface area contributed by atoms with Crippen LogP contribution in [0.25, 0.3) is 16.7 Å². The van der Waals surface area contributed by atoms with Gasteiger partial charge in [0.25, 0.3) is 0 Å². The molecule has 2 aromatic carbocycles. The average Bonchev–Trinajstić information content (AvgIpc) is 3.50. The number of carbonyl (C=O) groups is 3. The highest BCUT2D eigenvalue weighted by atomic mass is 16.5. The topological polar surface area (TPSA) is 94.4 Å². The fourth-order valence-corrected chi connectivity index (χ4v) is 6.30. The van der Waals surface area contributed by atoms with E-state index in [0.717, 1.165) is 27.9 Å². The van der Waals surface area contributed by atoms with Crippen LogP contribution < -0.4 is 4.74 Å². The predicted octanol–water partition coefficient (Wildman–Crippen LogP) is 2.69. The third-order valence-electron chi connectivity index (χ3n) is 7.88. The molecule has 2 amide bonds. The molecule has 170 valence electrons. The Hall–Kier alpha value is -3.81. The van der Waals surface area contributed by atoms with Gasteiger partial charge in [-0.05, 0) is 66.8 Å². The van der Waals surface area contributed by atoms with E-state index >= 15 is 0 Å². The highest BCUT2D eigenvalue weighted by Crippen LogP contribution is 2.65. The van der Waals surface area contributed by atoms with Gasteiger partial charge in [-0.15, -0.1) is 15.0 Å². The van der Waals surface area contributed by atoms with Crippen LogP contribution >= 0.6 is 0 Å². The summed E-state index contributed by atoms with van der Waals surface area (Å²) in [6, 6.07) is 12.8. The zero-order valence-electron chi connectivity index (χ0n) is 18.5. The first-order valence-corrected chi connectivity index (χ1v) is 11.7. The van der Waals surface area contributed by atoms with Crippen molar-refractivity contribution >= 4 is 28.8 Å². The lowest BCUT2D eigenvalue weighted by atomic mass is 9.63. The van der Waals surface area contributed by atoms with E-state index in [4.69, 9.17) is 4.74 Å². The van der Waals surface area contributed by atoms with Gasteiger partial charge in [0.1, 0.15) is 23.3 Å². The van der Waals surface area contributed by atoms with E-state index < -0.39 is 5.97 Å². The first kappa shape index (κ1) is 19.6. The average molecular weight is 454 g/mol. The second-order valence-corrected chi connectivity index (χ2v) is 9.84. The quantitative estimate of drug-likeness (QED) is 0.260. The van der Waals surface area contributed by atoms with Crippen molar-refractivity contribution in [3.05, 3.63) is 60.2 Å². The zero-order valence-corrected chi connectivity index (χ0v) is 18.5. The van der Waals surface area contributed by atoms with Crippen LogP contribution in [0, 0.1) is 42.4 Å². The number of imide groups is 1. The molecular weight excluding hydrogens is 432 g/mol. The van der Waals surface area contributed by atoms with Crippen LogP contribution in [-0.2, 0) is 14.4 Å². The Morgan fingerprint density at radius 3 is 2.21 bits per heavy atom. The molecule has 0 radical (unpaired) electrons.